The lowest BCUT2D eigenvalue weighted by molar-refractivity contribution is 0.532. The third-order valence-corrected chi connectivity index (χ3v) is 2.81. The second-order valence-corrected chi connectivity index (χ2v) is 4.31. The molecule has 0 saturated heterocycles. The van der Waals surface area contributed by atoms with Gasteiger partial charge in [-0.3, -0.25) is 4.68 Å². The van der Waals surface area contributed by atoms with E-state index in [1.807, 2.05) is 24.3 Å². The van der Waals surface area contributed by atoms with E-state index >= 15 is 0 Å². The number of nitrogens with two attached hydrogens (primary N) is 1. The highest BCUT2D eigenvalue weighted by Gasteiger charge is 2.12. The van der Waals surface area contributed by atoms with Crippen LogP contribution in [-0.2, 0) is 0 Å². The van der Waals surface area contributed by atoms with E-state index in [2.05, 4.69) is 5.10 Å². The molecule has 5 heteroatoms. The first kappa shape index (κ1) is 11.5. The van der Waals surface area contributed by atoms with Crippen molar-refractivity contribution in [2.45, 2.75) is 6.04 Å². The van der Waals surface area contributed by atoms with Gasteiger partial charge >= 0.3 is 0 Å². The molecule has 0 aliphatic heterocycles. The molecule has 84 valence electrons. The number of nitrogens with zero attached hydrogens (tertiary/aromatic N) is 2. The highest BCUT2D eigenvalue weighted by molar-refractivity contribution is 6.30. The molecule has 0 fully saturated rings. The predicted molar refractivity (Wildman–Crippen MR) is 65.9 cm³/mol. The molecule has 0 spiro atoms. The third kappa shape index (κ3) is 2.38. The van der Waals surface area contributed by atoms with E-state index in [0.717, 1.165) is 5.56 Å². The average molecular weight is 256 g/mol. The summed E-state index contributed by atoms with van der Waals surface area (Å²) in [5, 5.41) is 5.47. The highest BCUT2D eigenvalue weighted by atomic mass is 35.5. The van der Waals surface area contributed by atoms with Crippen LogP contribution in [0.15, 0.2) is 36.7 Å². The lowest BCUT2D eigenvalue weighted by Crippen LogP contribution is -2.20. The molecule has 2 N–H and O–H groups in total. The molecule has 2 rings (SSSR count). The van der Waals surface area contributed by atoms with Crippen molar-refractivity contribution in [3.63, 3.8) is 0 Å². The van der Waals surface area contributed by atoms with Gasteiger partial charge in [0.25, 0.3) is 0 Å². The maximum atomic E-state index is 5.83. The molecule has 0 amide bonds. The van der Waals surface area contributed by atoms with Gasteiger partial charge < -0.3 is 5.73 Å². The predicted octanol–water partition coefficient (Wildman–Crippen LogP) is 2.74. The van der Waals surface area contributed by atoms with E-state index in [0.29, 0.717) is 16.6 Å². The van der Waals surface area contributed by atoms with E-state index in [9.17, 15) is 0 Å². The van der Waals surface area contributed by atoms with Gasteiger partial charge in [0.2, 0.25) is 0 Å². The molecule has 16 heavy (non-hydrogen) atoms. The van der Waals surface area contributed by atoms with Crippen molar-refractivity contribution in [2.75, 3.05) is 6.54 Å². The second kappa shape index (κ2) is 4.87. The Kier molecular flexibility index (Phi) is 3.49. The van der Waals surface area contributed by atoms with Crippen LogP contribution in [0.1, 0.15) is 11.6 Å². The Labute approximate surface area is 104 Å². The average Bonchev–Trinajstić information content (AvgIpc) is 2.69. The van der Waals surface area contributed by atoms with E-state index < -0.39 is 0 Å². The number of rotatable bonds is 3. The Hall–Kier alpha value is -1.03. The molecule has 0 aliphatic rings. The van der Waals surface area contributed by atoms with Crippen molar-refractivity contribution in [3.8, 4) is 0 Å². The minimum absolute atomic E-state index is 0.00948. The molecule has 1 aromatic heterocycles. The molecule has 2 aromatic rings. The molecule has 0 bridgehead atoms. The first-order valence-electron chi connectivity index (χ1n) is 4.86. The quantitative estimate of drug-likeness (QED) is 0.917. The van der Waals surface area contributed by atoms with Crippen molar-refractivity contribution in [1.82, 2.24) is 9.78 Å². The van der Waals surface area contributed by atoms with Crippen LogP contribution < -0.4 is 5.73 Å². The van der Waals surface area contributed by atoms with Gasteiger partial charge in [-0.15, -0.1) is 0 Å². The minimum Gasteiger partial charge on any atom is -0.328 e. The molecule has 1 heterocycles. The molecular formula is C11H11Cl2N3. The summed E-state index contributed by atoms with van der Waals surface area (Å²) in [4.78, 5) is 0. The van der Waals surface area contributed by atoms with Crippen LogP contribution in [0.4, 0.5) is 0 Å². The lowest BCUT2D eigenvalue weighted by Gasteiger charge is -2.15. The molecule has 1 atom stereocenters. The van der Waals surface area contributed by atoms with E-state index in [1.165, 1.54) is 0 Å². The normalized spacial score (nSPS) is 12.7. The summed E-state index contributed by atoms with van der Waals surface area (Å²) >= 11 is 11.7. The smallest absolute Gasteiger partial charge is 0.0891 e. The fourth-order valence-electron chi connectivity index (χ4n) is 1.57. The van der Waals surface area contributed by atoms with Crippen LogP contribution in [0.5, 0.6) is 0 Å². The summed E-state index contributed by atoms with van der Waals surface area (Å²) in [7, 11) is 0. The standard InChI is InChI=1S/C11H11Cl2N3/c12-9-3-1-8(2-4-9)11(5-14)16-7-10(13)6-15-16/h1-4,6-7,11H,5,14H2. The first-order chi connectivity index (χ1) is 7.70. The number of hydrogen-bond acceptors (Lipinski definition) is 2. The van der Waals surface area contributed by atoms with Gasteiger partial charge in [0.15, 0.2) is 0 Å². The largest absolute Gasteiger partial charge is 0.328 e. The van der Waals surface area contributed by atoms with Crippen LogP contribution in [0.25, 0.3) is 0 Å². The zero-order valence-electron chi connectivity index (χ0n) is 8.48. The van der Waals surface area contributed by atoms with Crippen LogP contribution in [0, 0.1) is 0 Å². The summed E-state index contributed by atoms with van der Waals surface area (Å²) in [6.07, 6.45) is 3.35. The van der Waals surface area contributed by atoms with Crippen LogP contribution in [-0.4, -0.2) is 16.3 Å². The zero-order chi connectivity index (χ0) is 11.5. The molecular weight excluding hydrogens is 245 g/mol. The van der Waals surface area contributed by atoms with Gasteiger partial charge in [-0.25, -0.2) is 0 Å². The molecule has 0 saturated carbocycles. The van der Waals surface area contributed by atoms with Gasteiger partial charge in [-0.2, -0.15) is 5.10 Å². The first-order valence-corrected chi connectivity index (χ1v) is 5.61. The molecule has 1 unspecified atom stereocenters. The van der Waals surface area contributed by atoms with E-state index in [4.69, 9.17) is 28.9 Å². The van der Waals surface area contributed by atoms with Gasteiger partial charge in [0.05, 0.1) is 17.3 Å². The monoisotopic (exact) mass is 255 g/mol. The zero-order valence-corrected chi connectivity index (χ0v) is 9.99. The van der Waals surface area contributed by atoms with Gasteiger partial charge in [0.1, 0.15) is 0 Å². The van der Waals surface area contributed by atoms with Crippen LogP contribution >= 0.6 is 23.2 Å². The number of benzene rings is 1. The van der Waals surface area contributed by atoms with Crippen molar-refractivity contribution >= 4 is 23.2 Å². The van der Waals surface area contributed by atoms with Gasteiger partial charge in [-0.05, 0) is 17.7 Å². The molecule has 1 aromatic carbocycles. The fourth-order valence-corrected chi connectivity index (χ4v) is 1.84. The van der Waals surface area contributed by atoms with E-state index in [1.54, 1.807) is 17.1 Å². The van der Waals surface area contributed by atoms with Gasteiger partial charge in [-0.1, -0.05) is 35.3 Å². The van der Waals surface area contributed by atoms with Crippen LogP contribution in [0.3, 0.4) is 0 Å². The lowest BCUT2D eigenvalue weighted by atomic mass is 10.1. The number of hydrogen-bond donors (Lipinski definition) is 1. The number of halogens is 2. The highest BCUT2D eigenvalue weighted by Crippen LogP contribution is 2.20. The topological polar surface area (TPSA) is 43.8 Å². The maximum Gasteiger partial charge on any atom is 0.0891 e. The Morgan fingerprint density at radius 2 is 1.88 bits per heavy atom. The van der Waals surface area contributed by atoms with Crippen molar-refractivity contribution in [3.05, 3.63) is 52.3 Å². The molecule has 0 aliphatic carbocycles. The van der Waals surface area contributed by atoms with Crippen molar-refractivity contribution in [1.29, 1.82) is 0 Å². The summed E-state index contributed by atoms with van der Waals surface area (Å²) in [6.45, 7) is 0.458. The fraction of sp³-hybridized carbons (Fsp3) is 0.182. The van der Waals surface area contributed by atoms with Crippen molar-refractivity contribution in [2.24, 2.45) is 5.73 Å². The second-order valence-electron chi connectivity index (χ2n) is 3.44. The Balaban J connectivity index is 2.32. The SMILES string of the molecule is NCC(c1ccc(Cl)cc1)n1cc(Cl)cn1. The maximum absolute atomic E-state index is 5.83. The van der Waals surface area contributed by atoms with Crippen molar-refractivity contribution < 1.29 is 0 Å². The summed E-state index contributed by atoms with van der Waals surface area (Å²) < 4.78 is 1.76. The summed E-state index contributed by atoms with van der Waals surface area (Å²) in [5.74, 6) is 0. The van der Waals surface area contributed by atoms with Crippen LogP contribution in [0.2, 0.25) is 10.0 Å². The molecule has 0 radical (unpaired) electrons. The third-order valence-electron chi connectivity index (χ3n) is 2.37. The van der Waals surface area contributed by atoms with Gasteiger partial charge in [0, 0.05) is 17.8 Å². The van der Waals surface area contributed by atoms with E-state index in [-0.39, 0.29) is 6.04 Å². The Morgan fingerprint density at radius 1 is 1.19 bits per heavy atom. The summed E-state index contributed by atoms with van der Waals surface area (Å²) in [6, 6.07) is 7.55. The Bertz CT molecular complexity index is 464. The summed E-state index contributed by atoms with van der Waals surface area (Å²) in [5.41, 5.74) is 6.81. The minimum atomic E-state index is -0.00948. The number of aromatic nitrogens is 2. The molecule has 3 nitrogen and oxygen atoms in total. The Morgan fingerprint density at radius 3 is 2.38 bits per heavy atom.